The molecule has 4 rings (SSSR count). The number of pyridine rings is 2. The number of ether oxygens (including phenoxy) is 4. The second-order valence-electron chi connectivity index (χ2n) is 7.51. The molecule has 0 saturated heterocycles. The number of carboxylic acid groups (broad SMARTS) is 1. The lowest BCUT2D eigenvalue weighted by molar-refractivity contribution is -0.516. The van der Waals surface area contributed by atoms with Crippen LogP contribution in [0.25, 0.3) is 27.1 Å². The first-order valence-corrected chi connectivity index (χ1v) is 11.9. The van der Waals surface area contributed by atoms with Crippen LogP contribution in [-0.2, 0) is 14.9 Å². The van der Waals surface area contributed by atoms with Gasteiger partial charge in [0.25, 0.3) is 10.1 Å². The Hall–Kier alpha value is -3.83. The Labute approximate surface area is 202 Å². The van der Waals surface area contributed by atoms with Gasteiger partial charge in [-0.3, -0.25) is 9.35 Å². The largest absolute Gasteiger partial charge is 0.493 e. The Kier molecular flexibility index (Phi) is 7.51. The van der Waals surface area contributed by atoms with Crippen LogP contribution in [0.4, 0.5) is 0 Å². The van der Waals surface area contributed by atoms with Crippen molar-refractivity contribution in [1.82, 2.24) is 0 Å². The van der Waals surface area contributed by atoms with Crippen molar-refractivity contribution in [3.63, 3.8) is 0 Å². The number of hydrogen-bond donors (Lipinski definition) is 2. The maximum atomic E-state index is 9.62. The highest BCUT2D eigenvalue weighted by molar-refractivity contribution is 7.86. The Morgan fingerprint density at radius 2 is 1.31 bits per heavy atom. The van der Waals surface area contributed by atoms with Crippen molar-refractivity contribution in [2.45, 2.75) is 6.92 Å². The number of benzene rings is 2. The van der Waals surface area contributed by atoms with Crippen molar-refractivity contribution >= 4 is 43.1 Å². The molecular formula is C24H26NO9S+. The van der Waals surface area contributed by atoms with Gasteiger partial charge in [0.05, 0.1) is 39.2 Å². The Bertz CT molecular complexity index is 1530. The highest BCUT2D eigenvalue weighted by Crippen LogP contribution is 2.36. The van der Waals surface area contributed by atoms with Gasteiger partial charge >= 0.3 is 5.97 Å². The molecule has 11 heteroatoms. The topological polar surface area (TPSA) is 133 Å². The van der Waals surface area contributed by atoms with E-state index >= 15 is 0 Å². The van der Waals surface area contributed by atoms with Gasteiger partial charge in [0.1, 0.15) is 0 Å². The average molecular weight is 505 g/mol. The molecule has 35 heavy (non-hydrogen) atoms. The second kappa shape index (κ2) is 10.2. The molecule has 2 aromatic carbocycles. The van der Waals surface area contributed by atoms with Crippen LogP contribution in [0.2, 0.25) is 0 Å². The van der Waals surface area contributed by atoms with Crippen molar-refractivity contribution in [3.8, 4) is 23.0 Å². The summed E-state index contributed by atoms with van der Waals surface area (Å²) in [7, 11) is 2.28. The summed E-state index contributed by atoms with van der Waals surface area (Å²) < 4.78 is 51.1. The smallest absolute Gasteiger partial charge is 0.321 e. The third-order valence-corrected chi connectivity index (χ3v) is 6.01. The fourth-order valence-corrected chi connectivity index (χ4v) is 4.13. The SMILES string of the molecule is COc1cc2cc3c4cc(OC)c(OC)cc4cc[n+]3c(C)c2cc1OC.O=C(O)CS(=O)(=O)O. The molecule has 4 aromatic rings. The Morgan fingerprint density at radius 1 is 0.829 bits per heavy atom. The Morgan fingerprint density at radius 3 is 1.77 bits per heavy atom. The molecule has 0 radical (unpaired) electrons. The van der Waals surface area contributed by atoms with Gasteiger partial charge < -0.3 is 24.1 Å². The number of nitrogens with zero attached hydrogens (tertiary/aromatic N) is 1. The maximum absolute atomic E-state index is 9.62. The predicted molar refractivity (Wildman–Crippen MR) is 130 cm³/mol. The van der Waals surface area contributed by atoms with Crippen LogP contribution < -0.4 is 23.3 Å². The number of aliphatic carboxylic acids is 1. The van der Waals surface area contributed by atoms with Crippen LogP contribution >= 0.6 is 0 Å². The first-order valence-electron chi connectivity index (χ1n) is 10.2. The summed E-state index contributed by atoms with van der Waals surface area (Å²) >= 11 is 0. The lowest BCUT2D eigenvalue weighted by Gasteiger charge is -2.11. The standard InChI is InChI=1S/C22H22NO4.C2H4O5S/c1-13-16-11-21(26-4)20(25-3)10-15(16)8-18-17-12-22(27-5)19(24-2)9-14(17)6-7-23(13)18;3-2(4)1-8(5,6)7/h6-12H,1-5H3;1H2,(H,3,4)(H,5,6,7)/q+1;. The van der Waals surface area contributed by atoms with E-state index in [9.17, 15) is 13.2 Å². The first-order chi connectivity index (χ1) is 16.5. The molecule has 2 heterocycles. The fraction of sp³-hybridized carbons (Fsp3) is 0.250. The first kappa shape index (κ1) is 25.8. The summed E-state index contributed by atoms with van der Waals surface area (Å²) in [5.74, 6) is 0.0786. The molecule has 0 amide bonds. The molecular weight excluding hydrogens is 478 g/mol. The molecule has 0 saturated carbocycles. The third-order valence-electron chi connectivity index (χ3n) is 5.40. The van der Waals surface area contributed by atoms with E-state index in [4.69, 9.17) is 28.6 Å². The maximum Gasteiger partial charge on any atom is 0.321 e. The predicted octanol–water partition coefficient (Wildman–Crippen LogP) is 3.03. The number of fused-ring (bicyclic) bond motifs is 4. The van der Waals surface area contributed by atoms with Gasteiger partial charge in [-0.2, -0.15) is 12.8 Å². The highest BCUT2D eigenvalue weighted by Gasteiger charge is 2.19. The van der Waals surface area contributed by atoms with Gasteiger partial charge in [0.2, 0.25) is 5.52 Å². The quantitative estimate of drug-likeness (QED) is 0.176. The molecule has 0 unspecified atom stereocenters. The number of carbonyl (C=O) groups is 1. The number of aryl methyl sites for hydroxylation is 1. The normalized spacial score (nSPS) is 11.1. The molecule has 0 atom stereocenters. The van der Waals surface area contributed by atoms with Crippen LogP contribution in [0.3, 0.4) is 0 Å². The number of aromatic nitrogens is 1. The molecule has 0 fully saturated rings. The van der Waals surface area contributed by atoms with Crippen molar-refractivity contribution in [1.29, 1.82) is 0 Å². The minimum absolute atomic E-state index is 0.711. The Balaban J connectivity index is 0.000000371. The molecule has 186 valence electrons. The monoisotopic (exact) mass is 504 g/mol. The van der Waals surface area contributed by atoms with Gasteiger partial charge in [0, 0.05) is 19.1 Å². The van der Waals surface area contributed by atoms with E-state index in [2.05, 4.69) is 29.7 Å². The van der Waals surface area contributed by atoms with Crippen molar-refractivity contribution in [3.05, 3.63) is 48.3 Å². The van der Waals surface area contributed by atoms with Gasteiger partial charge in [-0.1, -0.05) is 0 Å². The van der Waals surface area contributed by atoms with Gasteiger partial charge in [-0.15, -0.1) is 0 Å². The summed E-state index contributed by atoms with van der Waals surface area (Å²) in [6.45, 7) is 2.10. The van der Waals surface area contributed by atoms with E-state index in [1.165, 1.54) is 0 Å². The van der Waals surface area contributed by atoms with E-state index in [1.54, 1.807) is 28.4 Å². The third kappa shape index (κ3) is 5.47. The second-order valence-corrected chi connectivity index (χ2v) is 8.96. The van der Waals surface area contributed by atoms with E-state index in [1.807, 2.05) is 24.3 Å². The van der Waals surface area contributed by atoms with Crippen molar-refractivity contribution in [2.24, 2.45) is 0 Å². The molecule has 2 aromatic heterocycles. The molecule has 0 aliphatic carbocycles. The molecule has 0 aliphatic rings. The van der Waals surface area contributed by atoms with Crippen LogP contribution in [-0.4, -0.2) is 58.2 Å². The van der Waals surface area contributed by atoms with E-state index < -0.39 is 21.8 Å². The zero-order valence-electron chi connectivity index (χ0n) is 19.9. The minimum Gasteiger partial charge on any atom is -0.493 e. The molecule has 10 nitrogen and oxygen atoms in total. The lowest BCUT2D eigenvalue weighted by Crippen LogP contribution is -2.25. The highest BCUT2D eigenvalue weighted by atomic mass is 32.2. The van der Waals surface area contributed by atoms with Gasteiger partial charge in [-0.05, 0) is 35.0 Å². The zero-order chi connectivity index (χ0) is 25.9. The number of hydrogen-bond acceptors (Lipinski definition) is 7. The summed E-state index contributed by atoms with van der Waals surface area (Å²) in [4.78, 5) is 9.48. The van der Waals surface area contributed by atoms with Crippen LogP contribution in [0.15, 0.2) is 42.6 Å². The van der Waals surface area contributed by atoms with Crippen molar-refractivity contribution < 1.29 is 46.2 Å². The summed E-state index contributed by atoms with van der Waals surface area (Å²) in [6.07, 6.45) is 2.08. The van der Waals surface area contributed by atoms with E-state index in [0.717, 1.165) is 44.3 Å². The minimum atomic E-state index is -4.32. The van der Waals surface area contributed by atoms with Crippen LogP contribution in [0.5, 0.6) is 23.0 Å². The summed E-state index contributed by atoms with van der Waals surface area (Å²) in [6, 6.07) is 12.3. The number of methoxy groups -OCH3 is 4. The lowest BCUT2D eigenvalue weighted by atomic mass is 10.0. The van der Waals surface area contributed by atoms with Gasteiger partial charge in [-0.25, -0.2) is 0 Å². The number of carboxylic acids is 1. The zero-order valence-corrected chi connectivity index (χ0v) is 20.7. The van der Waals surface area contributed by atoms with Gasteiger partial charge in [0.15, 0.2) is 40.6 Å². The van der Waals surface area contributed by atoms with Crippen LogP contribution in [0.1, 0.15) is 5.69 Å². The molecule has 2 N–H and O–H groups in total. The molecule has 0 spiro atoms. The van der Waals surface area contributed by atoms with Crippen molar-refractivity contribution in [2.75, 3.05) is 34.2 Å². The molecule has 0 aliphatic heterocycles. The number of rotatable bonds is 6. The average Bonchev–Trinajstić information content (AvgIpc) is 2.81. The summed E-state index contributed by atoms with van der Waals surface area (Å²) in [5.41, 5.74) is 2.21. The fourth-order valence-electron chi connectivity index (χ4n) is 3.82. The van der Waals surface area contributed by atoms with E-state index in [-0.39, 0.29) is 0 Å². The van der Waals surface area contributed by atoms with Crippen LogP contribution in [0, 0.1) is 6.92 Å². The summed E-state index contributed by atoms with van der Waals surface area (Å²) in [5, 5.41) is 12.1. The van der Waals surface area contributed by atoms with E-state index in [0.29, 0.717) is 11.5 Å². The molecule has 0 bridgehead atoms.